The van der Waals surface area contributed by atoms with Crippen LogP contribution in [0.2, 0.25) is 0 Å². The van der Waals surface area contributed by atoms with E-state index < -0.39 is 11.7 Å². The zero-order valence-corrected chi connectivity index (χ0v) is 14.2. The summed E-state index contributed by atoms with van der Waals surface area (Å²) in [5, 5.41) is 0. The Bertz CT molecular complexity index is 909. The average Bonchev–Trinajstić information content (AvgIpc) is 2.61. The molecule has 0 saturated carbocycles. The molecule has 3 nitrogen and oxygen atoms in total. The van der Waals surface area contributed by atoms with Gasteiger partial charge in [0.25, 0.3) is 0 Å². The van der Waals surface area contributed by atoms with Crippen molar-refractivity contribution in [3.8, 4) is 28.4 Å². The molecule has 0 unspecified atom stereocenters. The Hall–Kier alpha value is -3.02. The van der Waals surface area contributed by atoms with Crippen molar-refractivity contribution in [3.05, 3.63) is 72.6 Å². The monoisotopic (exact) mass is 360 g/mol. The number of para-hydroxylation sites is 1. The first kappa shape index (κ1) is 17.8. The van der Waals surface area contributed by atoms with Crippen LogP contribution in [-0.4, -0.2) is 7.11 Å². The highest BCUT2D eigenvalue weighted by atomic mass is 19.4. The van der Waals surface area contributed by atoms with E-state index in [-0.39, 0.29) is 0 Å². The second-order valence-electron chi connectivity index (χ2n) is 5.73. The van der Waals surface area contributed by atoms with Crippen molar-refractivity contribution < 1.29 is 27.2 Å². The first-order valence-electron chi connectivity index (χ1n) is 7.86. The molecule has 0 aliphatic carbocycles. The molecule has 0 amide bonds. The predicted octanol–water partition coefficient (Wildman–Crippen LogP) is 5.00. The highest BCUT2D eigenvalue weighted by Crippen LogP contribution is 2.40. The molecule has 1 aromatic heterocycles. The number of aryl methyl sites for hydroxylation is 1. The van der Waals surface area contributed by atoms with E-state index in [0.29, 0.717) is 28.4 Å². The molecule has 0 bridgehead atoms. The number of nitrogens with zero attached hydrogens (tertiary/aromatic N) is 1. The number of methoxy groups -OCH3 is 1. The van der Waals surface area contributed by atoms with E-state index in [9.17, 15) is 13.2 Å². The third kappa shape index (κ3) is 3.79. The van der Waals surface area contributed by atoms with E-state index in [1.54, 1.807) is 42.2 Å². The second kappa shape index (κ2) is 7.07. The molecule has 134 valence electrons. The molecule has 0 aliphatic heterocycles. The lowest BCUT2D eigenvalue weighted by molar-refractivity contribution is -0.671. The van der Waals surface area contributed by atoms with E-state index in [4.69, 9.17) is 9.47 Å². The Morgan fingerprint density at radius 1 is 0.923 bits per heavy atom. The van der Waals surface area contributed by atoms with Gasteiger partial charge in [0, 0.05) is 0 Å². The summed E-state index contributed by atoms with van der Waals surface area (Å²) in [7, 11) is 3.23. The quantitative estimate of drug-likeness (QED) is 0.611. The third-order valence-corrected chi connectivity index (χ3v) is 3.80. The summed E-state index contributed by atoms with van der Waals surface area (Å²) < 4.78 is 52.2. The average molecular weight is 360 g/mol. The van der Waals surface area contributed by atoms with Crippen molar-refractivity contribution in [3.63, 3.8) is 0 Å². The van der Waals surface area contributed by atoms with Crippen LogP contribution in [0.5, 0.6) is 17.2 Å². The summed E-state index contributed by atoms with van der Waals surface area (Å²) in [5.74, 6) is 1.38. The van der Waals surface area contributed by atoms with Gasteiger partial charge in [0.05, 0.1) is 18.2 Å². The van der Waals surface area contributed by atoms with Crippen LogP contribution >= 0.6 is 0 Å². The SMILES string of the molecule is COc1c(Oc2ccccc2)c[n+](C)cc1-c1cccc(C(F)(F)F)c1. The van der Waals surface area contributed by atoms with E-state index in [0.717, 1.165) is 12.1 Å². The van der Waals surface area contributed by atoms with Gasteiger partial charge in [-0.05, 0) is 29.8 Å². The molecule has 26 heavy (non-hydrogen) atoms. The predicted molar refractivity (Wildman–Crippen MR) is 91.1 cm³/mol. The third-order valence-electron chi connectivity index (χ3n) is 3.80. The van der Waals surface area contributed by atoms with Gasteiger partial charge in [-0.3, -0.25) is 0 Å². The van der Waals surface area contributed by atoms with Crippen LogP contribution in [0, 0.1) is 0 Å². The number of rotatable bonds is 4. The number of ether oxygens (including phenoxy) is 2. The maximum Gasteiger partial charge on any atom is 0.416 e. The van der Waals surface area contributed by atoms with Crippen LogP contribution in [0.4, 0.5) is 13.2 Å². The molecule has 3 rings (SSSR count). The van der Waals surface area contributed by atoms with Crippen molar-refractivity contribution >= 4 is 0 Å². The van der Waals surface area contributed by atoms with Gasteiger partial charge >= 0.3 is 6.18 Å². The van der Waals surface area contributed by atoms with Crippen molar-refractivity contribution in [2.24, 2.45) is 7.05 Å². The van der Waals surface area contributed by atoms with Gasteiger partial charge in [0.2, 0.25) is 11.9 Å². The van der Waals surface area contributed by atoms with Crippen molar-refractivity contribution in [1.29, 1.82) is 0 Å². The van der Waals surface area contributed by atoms with E-state index in [2.05, 4.69) is 0 Å². The Balaban J connectivity index is 2.11. The first-order valence-corrected chi connectivity index (χ1v) is 7.86. The smallest absolute Gasteiger partial charge is 0.416 e. The number of hydrogen-bond donors (Lipinski definition) is 0. The van der Waals surface area contributed by atoms with E-state index >= 15 is 0 Å². The maximum atomic E-state index is 13.1. The van der Waals surface area contributed by atoms with Gasteiger partial charge in [-0.25, -0.2) is 4.57 Å². The molecule has 6 heteroatoms. The summed E-state index contributed by atoms with van der Waals surface area (Å²) in [4.78, 5) is 0. The summed E-state index contributed by atoms with van der Waals surface area (Å²) in [6.45, 7) is 0. The zero-order valence-electron chi connectivity index (χ0n) is 14.2. The molecule has 1 heterocycles. The lowest BCUT2D eigenvalue weighted by Crippen LogP contribution is -2.27. The van der Waals surface area contributed by atoms with Crippen LogP contribution in [0.25, 0.3) is 11.1 Å². The Labute approximate surface area is 149 Å². The fraction of sp³-hybridized carbons (Fsp3) is 0.150. The molecule has 0 radical (unpaired) electrons. The highest BCUT2D eigenvalue weighted by Gasteiger charge is 2.31. The van der Waals surface area contributed by atoms with Crippen LogP contribution in [0.1, 0.15) is 5.56 Å². The van der Waals surface area contributed by atoms with Crippen molar-refractivity contribution in [2.75, 3.05) is 7.11 Å². The summed E-state index contributed by atoms with van der Waals surface area (Å²) in [6, 6.07) is 14.2. The van der Waals surface area contributed by atoms with Gasteiger partial charge in [-0.2, -0.15) is 13.2 Å². The van der Waals surface area contributed by atoms with Gasteiger partial charge < -0.3 is 9.47 Å². The number of alkyl halides is 3. The summed E-state index contributed by atoms with van der Waals surface area (Å²) in [6.07, 6.45) is -1.00. The minimum absolute atomic E-state index is 0.367. The van der Waals surface area contributed by atoms with Crippen LogP contribution < -0.4 is 14.0 Å². The lowest BCUT2D eigenvalue weighted by atomic mass is 10.0. The largest absolute Gasteiger partial charge is 0.492 e. The standard InChI is InChI=1S/C20H17F3NO2/c1-24-12-17(14-7-6-8-15(11-14)20(21,22)23)19(25-2)18(13-24)26-16-9-4-3-5-10-16/h3-13H,1-2H3/q+1. The molecular weight excluding hydrogens is 343 g/mol. The second-order valence-corrected chi connectivity index (χ2v) is 5.73. The molecule has 0 atom stereocenters. The molecule has 0 N–H and O–H groups in total. The Kier molecular flexibility index (Phi) is 4.84. The zero-order chi connectivity index (χ0) is 18.7. The molecule has 0 saturated heterocycles. The molecule has 2 aromatic carbocycles. The van der Waals surface area contributed by atoms with Crippen molar-refractivity contribution in [1.82, 2.24) is 0 Å². The van der Waals surface area contributed by atoms with Gasteiger partial charge in [0.1, 0.15) is 12.8 Å². The number of halogens is 3. The van der Waals surface area contributed by atoms with Gasteiger partial charge in [-0.15, -0.1) is 0 Å². The van der Waals surface area contributed by atoms with Crippen LogP contribution in [0.15, 0.2) is 67.0 Å². The molecular formula is C20H17F3NO2+. The number of pyridine rings is 1. The minimum Gasteiger partial charge on any atom is -0.492 e. The molecule has 0 aliphatic rings. The molecule has 3 aromatic rings. The summed E-state index contributed by atoms with van der Waals surface area (Å²) in [5.41, 5.74) is 0.189. The van der Waals surface area contributed by atoms with Crippen molar-refractivity contribution in [2.45, 2.75) is 6.18 Å². The Morgan fingerprint density at radius 2 is 1.65 bits per heavy atom. The fourth-order valence-corrected chi connectivity index (χ4v) is 2.64. The normalized spacial score (nSPS) is 11.3. The minimum atomic E-state index is -4.41. The van der Waals surface area contributed by atoms with Crippen LogP contribution in [-0.2, 0) is 13.2 Å². The number of hydrogen-bond acceptors (Lipinski definition) is 2. The highest BCUT2D eigenvalue weighted by molar-refractivity contribution is 5.72. The fourth-order valence-electron chi connectivity index (χ4n) is 2.64. The lowest BCUT2D eigenvalue weighted by Gasteiger charge is -2.14. The van der Waals surface area contributed by atoms with E-state index in [1.807, 2.05) is 18.2 Å². The maximum absolute atomic E-state index is 13.1. The molecule has 0 fully saturated rings. The number of aromatic nitrogens is 1. The number of benzene rings is 2. The molecule has 0 spiro atoms. The van der Waals surface area contributed by atoms with Crippen LogP contribution in [0.3, 0.4) is 0 Å². The topological polar surface area (TPSA) is 22.3 Å². The van der Waals surface area contributed by atoms with Gasteiger partial charge in [0.15, 0.2) is 11.9 Å². The Morgan fingerprint density at radius 3 is 2.31 bits per heavy atom. The first-order chi connectivity index (χ1) is 12.4. The summed E-state index contributed by atoms with van der Waals surface area (Å²) >= 11 is 0. The van der Waals surface area contributed by atoms with E-state index in [1.165, 1.54) is 13.2 Å². The van der Waals surface area contributed by atoms with Gasteiger partial charge in [-0.1, -0.05) is 30.3 Å².